The van der Waals surface area contributed by atoms with Gasteiger partial charge in [0.25, 0.3) is 5.91 Å². The molecule has 0 saturated heterocycles. The molecule has 0 radical (unpaired) electrons. The van der Waals surface area contributed by atoms with E-state index in [9.17, 15) is 4.79 Å². The van der Waals surface area contributed by atoms with Crippen LogP contribution in [0.25, 0.3) is 0 Å². The van der Waals surface area contributed by atoms with Crippen LogP contribution in [0.3, 0.4) is 0 Å². The average Bonchev–Trinajstić information content (AvgIpc) is 2.94. The summed E-state index contributed by atoms with van der Waals surface area (Å²) in [5.74, 6) is 0.603. The van der Waals surface area contributed by atoms with Crippen molar-refractivity contribution in [3.8, 4) is 5.75 Å². The minimum atomic E-state index is -0.581. The molecule has 1 aromatic heterocycles. The molecule has 1 atom stereocenters. The number of unbranched alkanes of at least 4 members (excludes halogenated alkanes) is 5. The van der Waals surface area contributed by atoms with Crippen molar-refractivity contribution in [2.75, 3.05) is 0 Å². The molecule has 1 unspecified atom stereocenters. The van der Waals surface area contributed by atoms with Crippen molar-refractivity contribution < 1.29 is 9.53 Å². The fourth-order valence-electron chi connectivity index (χ4n) is 3.55. The molecule has 0 aliphatic heterocycles. The number of ether oxygens (including phenoxy) is 1. The predicted octanol–water partition coefficient (Wildman–Crippen LogP) is 6.13. The monoisotopic (exact) mass is 384 g/mol. The van der Waals surface area contributed by atoms with Crippen LogP contribution in [-0.2, 0) is 6.42 Å². The minimum Gasteiger partial charge on any atom is -0.481 e. The lowest BCUT2D eigenvalue weighted by molar-refractivity contribution is 0.0707. The summed E-state index contributed by atoms with van der Waals surface area (Å²) in [5.41, 5.74) is 5.49. The fourth-order valence-corrected chi connectivity index (χ4v) is 3.55. The van der Waals surface area contributed by atoms with Crippen molar-refractivity contribution in [1.29, 1.82) is 0 Å². The van der Waals surface area contributed by atoms with E-state index >= 15 is 0 Å². The lowest BCUT2D eigenvalue weighted by atomic mass is 10.0. The number of nitrogens with zero attached hydrogens (tertiary/aromatic N) is 2. The Morgan fingerprint density at radius 2 is 1.71 bits per heavy atom. The molecule has 154 valence electrons. The van der Waals surface area contributed by atoms with Gasteiger partial charge in [0, 0.05) is 5.69 Å². The molecule has 28 heavy (non-hydrogen) atoms. The van der Waals surface area contributed by atoms with Crippen LogP contribution in [0.5, 0.6) is 5.75 Å². The maximum absolute atomic E-state index is 12.9. The van der Waals surface area contributed by atoms with Gasteiger partial charge in [0.05, 0.1) is 5.69 Å². The molecule has 2 rings (SSSR count). The molecular formula is C24H36N2O2. The molecule has 0 aliphatic carbocycles. The average molecular weight is 385 g/mol. The number of aryl methyl sites for hydroxylation is 3. The minimum absolute atomic E-state index is 0.118. The fraction of sp³-hybridized carbons (Fsp3) is 0.583. The Morgan fingerprint density at radius 3 is 2.39 bits per heavy atom. The normalized spacial score (nSPS) is 12.2. The van der Waals surface area contributed by atoms with Gasteiger partial charge in [-0.1, -0.05) is 45.1 Å². The first-order chi connectivity index (χ1) is 13.3. The lowest BCUT2D eigenvalue weighted by Gasteiger charge is -2.15. The Morgan fingerprint density at radius 1 is 1.04 bits per heavy atom. The lowest BCUT2D eigenvalue weighted by Crippen LogP contribution is -2.31. The molecule has 0 fully saturated rings. The summed E-state index contributed by atoms with van der Waals surface area (Å²) in [6.45, 7) is 12.1. The number of aromatic nitrogens is 2. The molecule has 0 amide bonds. The molecule has 4 nitrogen and oxygen atoms in total. The van der Waals surface area contributed by atoms with Gasteiger partial charge in [-0.3, -0.25) is 4.79 Å². The maximum Gasteiger partial charge on any atom is 0.287 e. The third-order valence-corrected chi connectivity index (χ3v) is 5.57. The molecule has 1 heterocycles. The van der Waals surface area contributed by atoms with Gasteiger partial charge < -0.3 is 4.74 Å². The highest BCUT2D eigenvalue weighted by atomic mass is 16.5. The van der Waals surface area contributed by atoms with E-state index in [1.807, 2.05) is 39.0 Å². The summed E-state index contributed by atoms with van der Waals surface area (Å²) in [6, 6.07) is 5.91. The van der Waals surface area contributed by atoms with Gasteiger partial charge in [-0.25, -0.2) is 4.68 Å². The number of rotatable bonds is 10. The SMILES string of the molecule is CCCCCCCCc1c(C)nn(C(=O)C(C)Oc2ccc(C)c(C)c2)c1C. The van der Waals surface area contributed by atoms with Crippen LogP contribution in [0.2, 0.25) is 0 Å². The number of carbonyl (C=O) groups excluding carboxylic acids is 1. The molecule has 0 aliphatic rings. The summed E-state index contributed by atoms with van der Waals surface area (Å²) in [6.07, 6.45) is 8.01. The van der Waals surface area contributed by atoms with E-state index in [0.717, 1.165) is 35.5 Å². The molecule has 0 spiro atoms. The smallest absolute Gasteiger partial charge is 0.287 e. The van der Waals surface area contributed by atoms with E-state index < -0.39 is 6.10 Å². The van der Waals surface area contributed by atoms with Crippen LogP contribution in [0.15, 0.2) is 18.2 Å². The second kappa shape index (κ2) is 10.4. The molecule has 1 aromatic carbocycles. The van der Waals surface area contributed by atoms with E-state index in [4.69, 9.17) is 4.74 Å². The predicted molar refractivity (Wildman–Crippen MR) is 115 cm³/mol. The van der Waals surface area contributed by atoms with Crippen LogP contribution in [0, 0.1) is 27.7 Å². The van der Waals surface area contributed by atoms with E-state index in [2.05, 4.69) is 18.9 Å². The highest BCUT2D eigenvalue weighted by molar-refractivity contribution is 5.83. The van der Waals surface area contributed by atoms with Crippen molar-refractivity contribution >= 4 is 5.91 Å². The van der Waals surface area contributed by atoms with Gasteiger partial charge in [0.1, 0.15) is 5.75 Å². The quantitative estimate of drug-likeness (QED) is 0.463. The Kier molecular flexibility index (Phi) is 8.28. The van der Waals surface area contributed by atoms with E-state index in [1.54, 1.807) is 6.92 Å². The first kappa shape index (κ1) is 22.2. The zero-order valence-electron chi connectivity index (χ0n) is 18.5. The van der Waals surface area contributed by atoms with E-state index in [-0.39, 0.29) is 5.91 Å². The first-order valence-electron chi connectivity index (χ1n) is 10.7. The van der Waals surface area contributed by atoms with Gasteiger partial charge in [-0.15, -0.1) is 0 Å². The number of benzene rings is 1. The molecular weight excluding hydrogens is 348 g/mol. The maximum atomic E-state index is 12.9. The van der Waals surface area contributed by atoms with Crippen LogP contribution in [0.4, 0.5) is 0 Å². The first-order valence-corrected chi connectivity index (χ1v) is 10.7. The summed E-state index contributed by atoms with van der Waals surface area (Å²) >= 11 is 0. The van der Waals surface area contributed by atoms with Crippen LogP contribution < -0.4 is 4.74 Å². The summed E-state index contributed by atoms with van der Waals surface area (Å²) in [5, 5.41) is 4.52. The van der Waals surface area contributed by atoms with Crippen molar-refractivity contribution in [2.45, 2.75) is 92.6 Å². The second-order valence-electron chi connectivity index (χ2n) is 7.92. The molecule has 0 bridgehead atoms. The Hall–Kier alpha value is -2.10. The van der Waals surface area contributed by atoms with Gasteiger partial charge in [-0.2, -0.15) is 5.10 Å². The van der Waals surface area contributed by atoms with Gasteiger partial charge in [0.2, 0.25) is 0 Å². The molecule has 2 aromatic rings. The highest BCUT2D eigenvalue weighted by Crippen LogP contribution is 2.20. The van der Waals surface area contributed by atoms with Gasteiger partial charge in [0.15, 0.2) is 6.10 Å². The summed E-state index contributed by atoms with van der Waals surface area (Å²) < 4.78 is 7.43. The zero-order valence-corrected chi connectivity index (χ0v) is 18.5. The van der Waals surface area contributed by atoms with Crippen LogP contribution in [0.1, 0.15) is 85.2 Å². The van der Waals surface area contributed by atoms with Crippen LogP contribution >= 0.6 is 0 Å². The molecule has 0 saturated carbocycles. The summed E-state index contributed by atoms with van der Waals surface area (Å²) in [7, 11) is 0. The third kappa shape index (κ3) is 5.70. The van der Waals surface area contributed by atoms with Crippen molar-refractivity contribution in [3.05, 3.63) is 46.3 Å². The van der Waals surface area contributed by atoms with E-state index in [1.165, 1.54) is 47.9 Å². The summed E-state index contributed by atoms with van der Waals surface area (Å²) in [4.78, 5) is 12.9. The number of hydrogen-bond acceptors (Lipinski definition) is 3. The molecule has 4 heteroatoms. The topological polar surface area (TPSA) is 44.1 Å². The number of hydrogen-bond donors (Lipinski definition) is 0. The Balaban J connectivity index is 1.99. The largest absolute Gasteiger partial charge is 0.481 e. The number of carbonyl (C=O) groups is 1. The second-order valence-corrected chi connectivity index (χ2v) is 7.92. The van der Waals surface area contributed by atoms with Crippen molar-refractivity contribution in [2.24, 2.45) is 0 Å². The standard InChI is InChI=1S/C24H36N2O2/c1-7-8-9-10-11-12-13-23-19(4)25-26(20(23)5)24(27)21(6)28-22-15-14-17(2)18(3)16-22/h14-16,21H,7-13H2,1-6H3. The molecule has 0 N–H and O–H groups in total. The highest BCUT2D eigenvalue weighted by Gasteiger charge is 2.22. The van der Waals surface area contributed by atoms with Gasteiger partial charge in [-0.05, 0) is 76.3 Å². The zero-order chi connectivity index (χ0) is 20.7. The van der Waals surface area contributed by atoms with Crippen molar-refractivity contribution in [1.82, 2.24) is 9.78 Å². The van der Waals surface area contributed by atoms with Gasteiger partial charge >= 0.3 is 0 Å². The van der Waals surface area contributed by atoms with Crippen LogP contribution in [-0.4, -0.2) is 21.8 Å². The Labute approximate surface area is 170 Å². The van der Waals surface area contributed by atoms with Crippen molar-refractivity contribution in [3.63, 3.8) is 0 Å². The van der Waals surface area contributed by atoms with E-state index in [0.29, 0.717) is 0 Å². The third-order valence-electron chi connectivity index (χ3n) is 5.57. The Bertz CT molecular complexity index is 792.